The molecule has 0 saturated heterocycles. The van der Waals surface area contributed by atoms with Crippen molar-refractivity contribution in [2.75, 3.05) is 5.32 Å². The molecule has 5 nitrogen and oxygen atoms in total. The average Bonchev–Trinajstić information content (AvgIpc) is 2.69. The third kappa shape index (κ3) is 2.73. The molecular formula is C10H7FIN3O2. The second-order valence-corrected chi connectivity index (χ2v) is 4.40. The molecule has 1 amide bonds. The summed E-state index contributed by atoms with van der Waals surface area (Å²) in [6.45, 7) is 0. The number of benzene rings is 1. The molecule has 2 aromatic rings. The second kappa shape index (κ2) is 4.70. The number of hydrogen-bond donors (Lipinski definition) is 3. The van der Waals surface area contributed by atoms with E-state index in [1.807, 2.05) is 22.6 Å². The number of hydrogen-bond acceptors (Lipinski definition) is 2. The third-order valence-electron chi connectivity index (χ3n) is 2.02. The van der Waals surface area contributed by atoms with E-state index in [2.05, 4.69) is 15.3 Å². The van der Waals surface area contributed by atoms with Gasteiger partial charge >= 0.3 is 5.69 Å². The normalized spacial score (nSPS) is 10.2. The molecule has 1 aromatic carbocycles. The van der Waals surface area contributed by atoms with Gasteiger partial charge in [-0.2, -0.15) is 0 Å². The van der Waals surface area contributed by atoms with Gasteiger partial charge in [0.25, 0.3) is 5.91 Å². The lowest BCUT2D eigenvalue weighted by Gasteiger charge is -2.05. The zero-order valence-electron chi connectivity index (χ0n) is 8.38. The Labute approximate surface area is 109 Å². The molecule has 0 aliphatic heterocycles. The topological polar surface area (TPSA) is 77.8 Å². The van der Waals surface area contributed by atoms with Crippen molar-refractivity contribution in [1.29, 1.82) is 0 Å². The summed E-state index contributed by atoms with van der Waals surface area (Å²) < 4.78 is 13.4. The molecule has 0 spiro atoms. The summed E-state index contributed by atoms with van der Waals surface area (Å²) in [7, 11) is 0. The molecule has 17 heavy (non-hydrogen) atoms. The maximum absolute atomic E-state index is 12.8. The van der Waals surface area contributed by atoms with Gasteiger partial charge in [0.1, 0.15) is 11.5 Å². The lowest BCUT2D eigenvalue weighted by atomic mass is 10.3. The number of anilines is 1. The van der Waals surface area contributed by atoms with Gasteiger partial charge in [0, 0.05) is 9.77 Å². The highest BCUT2D eigenvalue weighted by atomic mass is 127. The molecule has 88 valence electrons. The van der Waals surface area contributed by atoms with E-state index in [0.29, 0.717) is 9.26 Å². The first kappa shape index (κ1) is 11.8. The Morgan fingerprint density at radius 1 is 1.41 bits per heavy atom. The number of carbonyl (C=O) groups is 1. The first-order valence-corrected chi connectivity index (χ1v) is 5.68. The molecule has 1 aromatic heterocycles. The molecule has 0 aliphatic carbocycles. The summed E-state index contributed by atoms with van der Waals surface area (Å²) in [5, 5.41) is 2.56. The van der Waals surface area contributed by atoms with Gasteiger partial charge in [-0.05, 0) is 40.8 Å². The minimum absolute atomic E-state index is 0.120. The maximum atomic E-state index is 12.8. The van der Waals surface area contributed by atoms with Crippen LogP contribution < -0.4 is 11.0 Å². The lowest BCUT2D eigenvalue weighted by molar-refractivity contribution is 0.102. The van der Waals surface area contributed by atoms with Crippen molar-refractivity contribution in [3.63, 3.8) is 0 Å². The molecule has 0 fully saturated rings. The van der Waals surface area contributed by atoms with Gasteiger partial charge in [-0.1, -0.05) is 0 Å². The Balaban J connectivity index is 2.21. The molecule has 0 bridgehead atoms. The van der Waals surface area contributed by atoms with Gasteiger partial charge in [-0.15, -0.1) is 0 Å². The molecule has 0 radical (unpaired) electrons. The number of rotatable bonds is 2. The average molecular weight is 347 g/mol. The van der Waals surface area contributed by atoms with E-state index >= 15 is 0 Å². The van der Waals surface area contributed by atoms with Crippen molar-refractivity contribution in [3.05, 3.63) is 50.0 Å². The third-order valence-corrected chi connectivity index (χ3v) is 2.91. The van der Waals surface area contributed by atoms with E-state index in [0.717, 1.165) is 0 Å². The van der Waals surface area contributed by atoms with Crippen molar-refractivity contribution in [3.8, 4) is 0 Å². The van der Waals surface area contributed by atoms with Crippen LogP contribution in [0.4, 0.5) is 10.1 Å². The minimum atomic E-state index is -0.465. The molecule has 1 heterocycles. The Bertz CT molecular complexity index is 620. The lowest BCUT2D eigenvalue weighted by Crippen LogP contribution is -2.14. The fourth-order valence-corrected chi connectivity index (χ4v) is 1.85. The fraction of sp³-hybridized carbons (Fsp3) is 0. The Hall–Kier alpha value is -1.64. The number of H-pyrrole nitrogens is 2. The van der Waals surface area contributed by atoms with Crippen LogP contribution in [-0.2, 0) is 0 Å². The summed E-state index contributed by atoms with van der Waals surface area (Å²) in [5.74, 6) is -0.838. The largest absolute Gasteiger partial charge is 0.323 e. The van der Waals surface area contributed by atoms with Crippen molar-refractivity contribution >= 4 is 34.2 Å². The molecule has 0 aliphatic rings. The predicted molar refractivity (Wildman–Crippen MR) is 68.5 cm³/mol. The number of amides is 1. The van der Waals surface area contributed by atoms with E-state index in [4.69, 9.17) is 0 Å². The number of aromatic amines is 2. The van der Waals surface area contributed by atoms with Gasteiger partial charge in [0.05, 0.1) is 5.69 Å². The van der Waals surface area contributed by atoms with Crippen molar-refractivity contribution in [1.82, 2.24) is 9.97 Å². The number of halogens is 2. The Morgan fingerprint density at radius 2 is 2.18 bits per heavy atom. The summed E-state index contributed by atoms with van der Waals surface area (Å²) in [6.07, 6.45) is 1.27. The quantitative estimate of drug-likeness (QED) is 0.724. The Kier molecular flexibility index (Phi) is 3.27. The van der Waals surface area contributed by atoms with Gasteiger partial charge < -0.3 is 15.3 Å². The highest BCUT2D eigenvalue weighted by Crippen LogP contribution is 2.19. The highest BCUT2D eigenvalue weighted by molar-refractivity contribution is 14.1. The van der Waals surface area contributed by atoms with E-state index in [-0.39, 0.29) is 11.5 Å². The summed E-state index contributed by atoms with van der Waals surface area (Å²) in [6, 6.07) is 4.01. The number of carbonyl (C=O) groups excluding carboxylic acids is 1. The van der Waals surface area contributed by atoms with E-state index in [1.54, 1.807) is 0 Å². The van der Waals surface area contributed by atoms with Crippen LogP contribution in [0.3, 0.4) is 0 Å². The SMILES string of the molecule is O=C(Nc1ccc(F)cc1I)c1c[nH]c(=O)[nH]1. The molecular weight excluding hydrogens is 340 g/mol. The first-order chi connectivity index (χ1) is 8.06. The summed E-state index contributed by atoms with van der Waals surface area (Å²) >= 11 is 1.91. The monoisotopic (exact) mass is 347 g/mol. The van der Waals surface area contributed by atoms with Crippen molar-refractivity contribution < 1.29 is 9.18 Å². The van der Waals surface area contributed by atoms with E-state index in [9.17, 15) is 14.0 Å². The molecule has 0 saturated carbocycles. The first-order valence-electron chi connectivity index (χ1n) is 4.60. The number of nitrogens with one attached hydrogen (secondary N) is 3. The van der Waals surface area contributed by atoms with E-state index < -0.39 is 11.6 Å². The van der Waals surface area contributed by atoms with E-state index in [1.165, 1.54) is 24.4 Å². The van der Waals surface area contributed by atoms with Crippen molar-refractivity contribution in [2.45, 2.75) is 0 Å². The van der Waals surface area contributed by atoms with Crippen LogP contribution in [0, 0.1) is 9.39 Å². The number of aromatic nitrogens is 2. The predicted octanol–water partition coefficient (Wildman–Crippen LogP) is 1.70. The second-order valence-electron chi connectivity index (χ2n) is 3.23. The van der Waals surface area contributed by atoms with Crippen LogP contribution in [0.25, 0.3) is 0 Å². The van der Waals surface area contributed by atoms with Gasteiger partial charge in [-0.25, -0.2) is 9.18 Å². The van der Waals surface area contributed by atoms with Gasteiger partial charge in [0.2, 0.25) is 0 Å². The van der Waals surface area contributed by atoms with Crippen LogP contribution in [0.1, 0.15) is 10.5 Å². The smallest absolute Gasteiger partial charge is 0.320 e. The molecule has 7 heteroatoms. The zero-order chi connectivity index (χ0) is 12.4. The van der Waals surface area contributed by atoms with Crippen LogP contribution >= 0.6 is 22.6 Å². The molecule has 0 unspecified atom stereocenters. The summed E-state index contributed by atoms with van der Waals surface area (Å²) in [4.78, 5) is 27.1. The zero-order valence-corrected chi connectivity index (χ0v) is 10.5. The Morgan fingerprint density at radius 3 is 2.76 bits per heavy atom. The van der Waals surface area contributed by atoms with Crippen LogP contribution in [0.2, 0.25) is 0 Å². The highest BCUT2D eigenvalue weighted by Gasteiger charge is 2.10. The number of imidazole rings is 1. The summed E-state index contributed by atoms with van der Waals surface area (Å²) in [5.41, 5.74) is 0.151. The van der Waals surface area contributed by atoms with Crippen molar-refractivity contribution in [2.24, 2.45) is 0 Å². The molecule has 0 atom stereocenters. The van der Waals surface area contributed by atoms with Gasteiger partial charge in [0.15, 0.2) is 0 Å². The van der Waals surface area contributed by atoms with Crippen LogP contribution in [0.15, 0.2) is 29.2 Å². The standard InChI is InChI=1S/C10H7FIN3O2/c11-5-1-2-7(6(12)3-5)14-9(16)8-4-13-10(17)15-8/h1-4H,(H,14,16)(H2,13,15,17). The van der Waals surface area contributed by atoms with Crippen LogP contribution in [-0.4, -0.2) is 15.9 Å². The van der Waals surface area contributed by atoms with Crippen LogP contribution in [0.5, 0.6) is 0 Å². The molecule has 3 N–H and O–H groups in total. The fourth-order valence-electron chi connectivity index (χ4n) is 1.24. The minimum Gasteiger partial charge on any atom is -0.320 e. The van der Waals surface area contributed by atoms with Gasteiger partial charge in [-0.3, -0.25) is 4.79 Å². The maximum Gasteiger partial charge on any atom is 0.323 e. The molecule has 2 rings (SSSR count).